The maximum Gasteiger partial charge on any atom is 0.325 e. The third-order valence-electron chi connectivity index (χ3n) is 1.48. The summed E-state index contributed by atoms with van der Waals surface area (Å²) in [6, 6.07) is 0. The highest BCUT2D eigenvalue weighted by Crippen LogP contribution is 2.03. The standard InChI is InChI=1S/C6H10N4O4S/c1-2-15(13,14)8-5-3-10(9-7-5)4-6(11)12/h3,8H,2,4H2,1H3,(H,11,12). The Morgan fingerprint density at radius 1 is 1.67 bits per heavy atom. The molecular formula is C6H10N4O4S. The van der Waals surface area contributed by atoms with E-state index in [4.69, 9.17) is 5.11 Å². The summed E-state index contributed by atoms with van der Waals surface area (Å²) in [4.78, 5) is 10.3. The molecule has 1 rings (SSSR count). The number of nitrogens with zero attached hydrogens (tertiary/aromatic N) is 3. The molecule has 0 atom stereocenters. The number of carboxylic acids is 1. The number of hydrogen-bond acceptors (Lipinski definition) is 5. The Kier molecular flexibility index (Phi) is 3.24. The lowest BCUT2D eigenvalue weighted by atomic mass is 10.6. The highest BCUT2D eigenvalue weighted by atomic mass is 32.2. The van der Waals surface area contributed by atoms with Gasteiger partial charge >= 0.3 is 5.97 Å². The number of hydrogen-bond donors (Lipinski definition) is 2. The van der Waals surface area contributed by atoms with E-state index in [0.29, 0.717) is 0 Å². The molecule has 2 N–H and O–H groups in total. The van der Waals surface area contributed by atoms with Crippen molar-refractivity contribution < 1.29 is 18.3 Å². The largest absolute Gasteiger partial charge is 0.480 e. The first-order valence-electron chi connectivity index (χ1n) is 4.05. The van der Waals surface area contributed by atoms with Gasteiger partial charge in [-0.15, -0.1) is 5.10 Å². The molecule has 0 radical (unpaired) electrons. The molecule has 0 aromatic carbocycles. The van der Waals surface area contributed by atoms with Crippen LogP contribution in [0.25, 0.3) is 0 Å². The van der Waals surface area contributed by atoms with Crippen LogP contribution in [-0.2, 0) is 21.4 Å². The van der Waals surface area contributed by atoms with Gasteiger partial charge in [0.1, 0.15) is 6.54 Å². The molecule has 0 aliphatic rings. The molecule has 9 heteroatoms. The SMILES string of the molecule is CCS(=O)(=O)Nc1cn(CC(=O)O)nn1. The van der Waals surface area contributed by atoms with Crippen molar-refractivity contribution in [1.29, 1.82) is 0 Å². The number of rotatable bonds is 5. The molecular weight excluding hydrogens is 224 g/mol. The van der Waals surface area contributed by atoms with E-state index in [1.165, 1.54) is 13.1 Å². The van der Waals surface area contributed by atoms with Crippen LogP contribution in [0.1, 0.15) is 6.92 Å². The lowest BCUT2D eigenvalue weighted by molar-refractivity contribution is -0.137. The second-order valence-electron chi connectivity index (χ2n) is 2.70. The summed E-state index contributed by atoms with van der Waals surface area (Å²) in [6.07, 6.45) is 1.21. The molecule has 1 aromatic heterocycles. The zero-order valence-corrected chi connectivity index (χ0v) is 8.73. The second kappa shape index (κ2) is 4.26. The second-order valence-corrected chi connectivity index (χ2v) is 4.71. The van der Waals surface area contributed by atoms with Crippen molar-refractivity contribution in [2.24, 2.45) is 0 Å². The van der Waals surface area contributed by atoms with Gasteiger partial charge in [0.25, 0.3) is 0 Å². The normalized spacial score (nSPS) is 11.3. The topological polar surface area (TPSA) is 114 Å². The summed E-state index contributed by atoms with van der Waals surface area (Å²) in [5, 5.41) is 15.3. The van der Waals surface area contributed by atoms with Crippen LogP contribution in [0.2, 0.25) is 0 Å². The molecule has 1 heterocycles. The molecule has 0 bridgehead atoms. The van der Waals surface area contributed by atoms with E-state index < -0.39 is 16.0 Å². The van der Waals surface area contributed by atoms with E-state index in [-0.39, 0.29) is 18.1 Å². The van der Waals surface area contributed by atoms with Crippen molar-refractivity contribution in [3.05, 3.63) is 6.20 Å². The minimum atomic E-state index is -3.40. The predicted molar refractivity (Wildman–Crippen MR) is 50.7 cm³/mol. The smallest absolute Gasteiger partial charge is 0.325 e. The van der Waals surface area contributed by atoms with Crippen LogP contribution in [-0.4, -0.2) is 40.2 Å². The summed E-state index contributed by atoms with van der Waals surface area (Å²) < 4.78 is 25.4. The Balaban J connectivity index is 2.73. The molecule has 0 aliphatic carbocycles. The molecule has 0 saturated carbocycles. The van der Waals surface area contributed by atoms with Crippen LogP contribution in [0.5, 0.6) is 0 Å². The molecule has 15 heavy (non-hydrogen) atoms. The first-order chi connectivity index (χ1) is 6.93. The summed E-state index contributed by atoms with van der Waals surface area (Å²) >= 11 is 0. The molecule has 0 amide bonds. The summed E-state index contributed by atoms with van der Waals surface area (Å²) in [7, 11) is -3.40. The highest BCUT2D eigenvalue weighted by Gasteiger charge is 2.10. The monoisotopic (exact) mass is 234 g/mol. The van der Waals surface area contributed by atoms with E-state index in [0.717, 1.165) is 4.68 Å². The number of sulfonamides is 1. The lowest BCUT2D eigenvalue weighted by Crippen LogP contribution is -2.14. The van der Waals surface area contributed by atoms with Crippen molar-refractivity contribution in [3.8, 4) is 0 Å². The van der Waals surface area contributed by atoms with Gasteiger partial charge in [-0.1, -0.05) is 5.21 Å². The first kappa shape index (κ1) is 11.4. The zero-order valence-electron chi connectivity index (χ0n) is 7.91. The van der Waals surface area contributed by atoms with Crippen LogP contribution in [0.3, 0.4) is 0 Å². The Labute approximate surface area is 86.0 Å². The molecule has 0 spiro atoms. The van der Waals surface area contributed by atoms with E-state index in [9.17, 15) is 13.2 Å². The average molecular weight is 234 g/mol. The minimum Gasteiger partial charge on any atom is -0.480 e. The third kappa shape index (κ3) is 3.54. The van der Waals surface area contributed by atoms with Gasteiger partial charge in [0.2, 0.25) is 10.0 Å². The average Bonchev–Trinajstić information content (AvgIpc) is 2.50. The lowest BCUT2D eigenvalue weighted by Gasteiger charge is -1.99. The maximum atomic E-state index is 11.1. The van der Waals surface area contributed by atoms with Gasteiger partial charge in [0.05, 0.1) is 11.9 Å². The molecule has 84 valence electrons. The fourth-order valence-electron chi connectivity index (χ4n) is 0.793. The third-order valence-corrected chi connectivity index (χ3v) is 2.76. The van der Waals surface area contributed by atoms with Crippen molar-refractivity contribution in [2.45, 2.75) is 13.5 Å². The molecule has 0 saturated heterocycles. The Morgan fingerprint density at radius 3 is 2.87 bits per heavy atom. The molecule has 0 fully saturated rings. The van der Waals surface area contributed by atoms with E-state index in [2.05, 4.69) is 15.0 Å². The minimum absolute atomic E-state index is 0.0121. The quantitative estimate of drug-likeness (QED) is 0.684. The molecule has 0 aliphatic heterocycles. The predicted octanol–water partition coefficient (Wildman–Crippen LogP) is -0.876. The molecule has 8 nitrogen and oxygen atoms in total. The van der Waals surface area contributed by atoms with Crippen LogP contribution >= 0.6 is 0 Å². The number of aliphatic carboxylic acids is 1. The van der Waals surface area contributed by atoms with Crippen LogP contribution < -0.4 is 4.72 Å². The summed E-state index contributed by atoms with van der Waals surface area (Å²) in [5.41, 5.74) is 0. The van der Waals surface area contributed by atoms with Crippen molar-refractivity contribution in [2.75, 3.05) is 10.5 Å². The van der Waals surface area contributed by atoms with Gasteiger partial charge in [-0.3, -0.25) is 9.52 Å². The van der Waals surface area contributed by atoms with Gasteiger partial charge < -0.3 is 5.11 Å². The number of carbonyl (C=O) groups is 1. The van der Waals surface area contributed by atoms with Crippen molar-refractivity contribution >= 4 is 21.8 Å². The van der Waals surface area contributed by atoms with E-state index >= 15 is 0 Å². The van der Waals surface area contributed by atoms with Crippen LogP contribution in [0.15, 0.2) is 6.20 Å². The van der Waals surface area contributed by atoms with Gasteiger partial charge in [-0.25, -0.2) is 13.1 Å². The van der Waals surface area contributed by atoms with Crippen molar-refractivity contribution in [1.82, 2.24) is 15.0 Å². The Hall–Kier alpha value is -1.64. The Bertz CT molecular complexity index is 451. The highest BCUT2D eigenvalue weighted by molar-refractivity contribution is 7.92. The Morgan fingerprint density at radius 2 is 2.33 bits per heavy atom. The first-order valence-corrected chi connectivity index (χ1v) is 5.70. The van der Waals surface area contributed by atoms with Gasteiger partial charge in [-0.05, 0) is 6.92 Å². The number of anilines is 1. The zero-order chi connectivity index (χ0) is 11.5. The number of aromatic nitrogens is 3. The summed E-state index contributed by atoms with van der Waals surface area (Å²) in [6.45, 7) is 1.12. The van der Waals surface area contributed by atoms with Crippen LogP contribution in [0, 0.1) is 0 Å². The fourth-order valence-corrected chi connectivity index (χ4v) is 1.35. The molecule has 1 aromatic rings. The summed E-state index contributed by atoms with van der Waals surface area (Å²) in [5.74, 6) is -1.15. The van der Waals surface area contributed by atoms with E-state index in [1.807, 2.05) is 0 Å². The number of nitrogens with one attached hydrogen (secondary N) is 1. The maximum absolute atomic E-state index is 11.1. The van der Waals surface area contributed by atoms with Gasteiger partial charge in [-0.2, -0.15) is 0 Å². The van der Waals surface area contributed by atoms with Gasteiger partial charge in [0.15, 0.2) is 5.82 Å². The fraction of sp³-hybridized carbons (Fsp3) is 0.500. The van der Waals surface area contributed by atoms with E-state index in [1.54, 1.807) is 0 Å². The van der Waals surface area contributed by atoms with Crippen molar-refractivity contribution in [3.63, 3.8) is 0 Å². The van der Waals surface area contributed by atoms with Crippen LogP contribution in [0.4, 0.5) is 5.82 Å². The molecule has 0 unspecified atom stereocenters. The number of carboxylic acid groups (broad SMARTS) is 1. The van der Waals surface area contributed by atoms with Gasteiger partial charge in [0, 0.05) is 0 Å².